The van der Waals surface area contributed by atoms with Crippen LogP contribution in [0.5, 0.6) is 0 Å². The number of hydrogen-bond donors (Lipinski definition) is 1. The van der Waals surface area contributed by atoms with Crippen molar-refractivity contribution in [2.75, 3.05) is 16.8 Å². The van der Waals surface area contributed by atoms with Gasteiger partial charge in [0.25, 0.3) is 11.7 Å². The average molecular weight is 262 g/mol. The summed E-state index contributed by atoms with van der Waals surface area (Å²) in [6.45, 7) is 4.91. The molecule has 0 spiro atoms. The van der Waals surface area contributed by atoms with Crippen LogP contribution in [0, 0.1) is 5.82 Å². The van der Waals surface area contributed by atoms with Gasteiger partial charge in [-0.15, -0.1) is 0 Å². The van der Waals surface area contributed by atoms with Crippen molar-refractivity contribution < 1.29 is 14.0 Å². The van der Waals surface area contributed by atoms with E-state index in [1.165, 1.54) is 6.07 Å². The quantitative estimate of drug-likeness (QED) is 0.790. The molecule has 1 amide bonds. The van der Waals surface area contributed by atoms with Crippen LogP contribution in [0.4, 0.5) is 15.8 Å². The summed E-state index contributed by atoms with van der Waals surface area (Å²) in [7, 11) is 0. The van der Waals surface area contributed by atoms with E-state index in [0.717, 1.165) is 19.4 Å². The molecule has 4 nitrogen and oxygen atoms in total. The van der Waals surface area contributed by atoms with Crippen molar-refractivity contribution in [3.05, 3.63) is 23.5 Å². The van der Waals surface area contributed by atoms with Crippen LogP contribution in [0.2, 0.25) is 0 Å². The zero-order valence-corrected chi connectivity index (χ0v) is 10.9. The van der Waals surface area contributed by atoms with Crippen LogP contribution in [-0.4, -0.2) is 23.8 Å². The maximum Gasteiger partial charge on any atom is 0.296 e. The minimum absolute atomic E-state index is 0.109. The van der Waals surface area contributed by atoms with Crippen LogP contribution in [-0.2, 0) is 4.79 Å². The predicted octanol–water partition coefficient (Wildman–Crippen LogP) is 2.34. The topological polar surface area (TPSA) is 49.4 Å². The van der Waals surface area contributed by atoms with Crippen molar-refractivity contribution in [2.24, 2.45) is 0 Å². The van der Waals surface area contributed by atoms with Gasteiger partial charge in [0, 0.05) is 12.1 Å². The Kier molecular flexibility index (Phi) is 2.42. The number of amides is 1. The van der Waals surface area contributed by atoms with Crippen molar-refractivity contribution >= 4 is 23.1 Å². The number of nitrogens with zero attached hydrogens (tertiary/aromatic N) is 1. The van der Waals surface area contributed by atoms with Gasteiger partial charge in [-0.25, -0.2) is 4.39 Å². The molecule has 3 rings (SSSR count). The number of anilines is 2. The summed E-state index contributed by atoms with van der Waals surface area (Å²) >= 11 is 0. The summed E-state index contributed by atoms with van der Waals surface area (Å²) in [6.07, 6.45) is 2.00. The van der Waals surface area contributed by atoms with E-state index in [-0.39, 0.29) is 11.1 Å². The van der Waals surface area contributed by atoms with Crippen LogP contribution in [0.25, 0.3) is 0 Å². The van der Waals surface area contributed by atoms with E-state index >= 15 is 0 Å². The SMILES string of the molecule is CC1(C)CCCN1c1cc2c(cc1F)C(=O)C(=O)N2. The Morgan fingerprint density at radius 2 is 2.05 bits per heavy atom. The smallest absolute Gasteiger partial charge is 0.296 e. The first kappa shape index (κ1) is 12.1. The summed E-state index contributed by atoms with van der Waals surface area (Å²) < 4.78 is 14.2. The third kappa shape index (κ3) is 1.72. The van der Waals surface area contributed by atoms with E-state index in [2.05, 4.69) is 19.2 Å². The minimum Gasteiger partial charge on any atom is -0.364 e. The van der Waals surface area contributed by atoms with Gasteiger partial charge in [0.05, 0.1) is 16.9 Å². The third-order valence-corrected chi connectivity index (χ3v) is 3.98. The average Bonchev–Trinajstić information content (AvgIpc) is 2.81. The Morgan fingerprint density at radius 3 is 2.68 bits per heavy atom. The van der Waals surface area contributed by atoms with Gasteiger partial charge in [0.2, 0.25) is 0 Å². The molecule has 0 bridgehead atoms. The van der Waals surface area contributed by atoms with Crippen molar-refractivity contribution in [2.45, 2.75) is 32.2 Å². The molecule has 0 aromatic heterocycles. The summed E-state index contributed by atoms with van der Waals surface area (Å²) in [6, 6.07) is 2.74. The van der Waals surface area contributed by atoms with Crippen LogP contribution >= 0.6 is 0 Å². The van der Waals surface area contributed by atoms with Crippen molar-refractivity contribution in [1.82, 2.24) is 0 Å². The normalized spacial score (nSPS) is 20.7. The van der Waals surface area contributed by atoms with E-state index in [0.29, 0.717) is 11.4 Å². The summed E-state index contributed by atoms with van der Waals surface area (Å²) in [4.78, 5) is 24.8. The number of hydrogen-bond acceptors (Lipinski definition) is 3. The van der Waals surface area contributed by atoms with E-state index in [9.17, 15) is 14.0 Å². The van der Waals surface area contributed by atoms with Gasteiger partial charge in [-0.1, -0.05) is 0 Å². The Labute approximate surface area is 110 Å². The first-order valence-electron chi connectivity index (χ1n) is 6.37. The molecule has 1 saturated heterocycles. The number of halogens is 1. The van der Waals surface area contributed by atoms with Gasteiger partial charge in [-0.05, 0) is 38.8 Å². The molecule has 2 aliphatic rings. The number of rotatable bonds is 1. The van der Waals surface area contributed by atoms with Gasteiger partial charge in [-0.2, -0.15) is 0 Å². The van der Waals surface area contributed by atoms with E-state index in [4.69, 9.17) is 0 Å². The maximum atomic E-state index is 14.2. The number of carbonyl (C=O) groups excluding carboxylic acids is 2. The summed E-state index contributed by atoms with van der Waals surface area (Å²) in [5, 5.41) is 2.48. The Hall–Kier alpha value is -1.91. The number of nitrogens with one attached hydrogen (secondary N) is 1. The molecule has 1 aromatic rings. The van der Waals surface area contributed by atoms with Gasteiger partial charge in [-0.3, -0.25) is 9.59 Å². The molecular weight excluding hydrogens is 247 g/mol. The minimum atomic E-state index is -0.688. The van der Waals surface area contributed by atoms with E-state index in [1.54, 1.807) is 6.07 Å². The monoisotopic (exact) mass is 262 g/mol. The lowest BCUT2D eigenvalue weighted by atomic mass is 10.0. The molecule has 0 saturated carbocycles. The van der Waals surface area contributed by atoms with Crippen molar-refractivity contribution in [3.8, 4) is 0 Å². The largest absolute Gasteiger partial charge is 0.364 e. The lowest BCUT2D eigenvalue weighted by molar-refractivity contribution is -0.112. The lowest BCUT2D eigenvalue weighted by Crippen LogP contribution is -2.38. The lowest BCUT2D eigenvalue weighted by Gasteiger charge is -2.34. The highest BCUT2D eigenvalue weighted by molar-refractivity contribution is 6.51. The fraction of sp³-hybridized carbons (Fsp3) is 0.429. The molecular formula is C14H15FN2O2. The standard InChI is InChI=1S/C14H15FN2O2/c1-14(2)4-3-5-17(14)11-7-10-8(6-9(11)15)12(18)13(19)16-10/h6-7H,3-5H2,1-2H3,(H,16,18,19). The maximum absolute atomic E-state index is 14.2. The first-order chi connectivity index (χ1) is 8.90. The molecule has 0 atom stereocenters. The molecule has 2 heterocycles. The molecule has 0 radical (unpaired) electrons. The molecule has 100 valence electrons. The Morgan fingerprint density at radius 1 is 1.32 bits per heavy atom. The zero-order valence-electron chi connectivity index (χ0n) is 10.9. The van der Waals surface area contributed by atoms with Crippen LogP contribution in [0.15, 0.2) is 12.1 Å². The Bertz CT molecular complexity index is 595. The van der Waals surface area contributed by atoms with Crippen LogP contribution in [0.3, 0.4) is 0 Å². The van der Waals surface area contributed by atoms with Crippen LogP contribution in [0.1, 0.15) is 37.0 Å². The first-order valence-corrected chi connectivity index (χ1v) is 6.37. The molecule has 2 aliphatic heterocycles. The zero-order chi connectivity index (χ0) is 13.8. The fourth-order valence-corrected chi connectivity index (χ4v) is 2.92. The van der Waals surface area contributed by atoms with Crippen molar-refractivity contribution in [3.63, 3.8) is 0 Å². The summed E-state index contributed by atoms with van der Waals surface area (Å²) in [5.74, 6) is -1.80. The second kappa shape index (κ2) is 3.79. The van der Waals surface area contributed by atoms with E-state index in [1.807, 2.05) is 4.90 Å². The van der Waals surface area contributed by atoms with Gasteiger partial charge in [0.15, 0.2) is 0 Å². The van der Waals surface area contributed by atoms with Crippen LogP contribution < -0.4 is 10.2 Å². The number of benzene rings is 1. The second-order valence-corrected chi connectivity index (χ2v) is 5.70. The Balaban J connectivity index is 2.08. The second-order valence-electron chi connectivity index (χ2n) is 5.70. The van der Waals surface area contributed by atoms with Gasteiger partial charge in [0.1, 0.15) is 5.82 Å². The van der Waals surface area contributed by atoms with Gasteiger partial charge < -0.3 is 10.2 Å². The molecule has 0 aliphatic carbocycles. The molecule has 1 fully saturated rings. The highest BCUT2D eigenvalue weighted by Crippen LogP contribution is 2.38. The molecule has 1 N–H and O–H groups in total. The molecule has 19 heavy (non-hydrogen) atoms. The third-order valence-electron chi connectivity index (χ3n) is 3.98. The fourth-order valence-electron chi connectivity index (χ4n) is 2.92. The number of Topliss-reactive ketones (excluding diaryl/α,β-unsaturated/α-hetero) is 1. The highest BCUT2D eigenvalue weighted by atomic mass is 19.1. The molecule has 0 unspecified atom stereocenters. The number of fused-ring (bicyclic) bond motifs is 1. The highest BCUT2D eigenvalue weighted by Gasteiger charge is 2.36. The molecule has 1 aromatic carbocycles. The van der Waals surface area contributed by atoms with E-state index < -0.39 is 17.5 Å². The predicted molar refractivity (Wildman–Crippen MR) is 70.0 cm³/mol. The van der Waals surface area contributed by atoms with Gasteiger partial charge >= 0.3 is 0 Å². The molecule has 5 heteroatoms. The van der Waals surface area contributed by atoms with Crippen molar-refractivity contribution in [1.29, 1.82) is 0 Å². The number of ketones is 1. The summed E-state index contributed by atoms with van der Waals surface area (Å²) in [5.41, 5.74) is 0.885. The number of carbonyl (C=O) groups is 2.